The van der Waals surface area contributed by atoms with Gasteiger partial charge < -0.3 is 0 Å². The van der Waals surface area contributed by atoms with E-state index in [1.807, 2.05) is 5.34 Å². The number of hydrogen-bond acceptors (Lipinski definition) is 3. The summed E-state index contributed by atoms with van der Waals surface area (Å²) in [4.78, 5) is 8.70. The first-order valence-electron chi connectivity index (χ1n) is 0.532. The van der Waals surface area contributed by atoms with Crippen LogP contribution in [-0.2, 0) is 23.7 Å². The summed E-state index contributed by atoms with van der Waals surface area (Å²) in [5.74, 6) is 0. The Hall–Kier alpha value is 0.0883. The minimum atomic E-state index is 1.14. The molecule has 0 N–H and O–H groups in total. The van der Waals surface area contributed by atoms with Crippen LogP contribution in [0.4, 0.5) is 0 Å². The fourth-order valence-corrected chi connectivity index (χ4v) is 0. The number of hydrogen-bond donors (Lipinski definition) is 0. The van der Waals surface area contributed by atoms with Gasteiger partial charge in [0.25, 0.3) is 0 Å². The van der Waals surface area contributed by atoms with Crippen molar-refractivity contribution in [1.82, 2.24) is 0 Å². The van der Waals surface area contributed by atoms with Crippen molar-refractivity contribution in [3.8, 4) is 0 Å². The summed E-state index contributed by atoms with van der Waals surface area (Å²) >= 11 is 1.14. The van der Waals surface area contributed by atoms with Crippen molar-refractivity contribution in [3.63, 3.8) is 0 Å². The van der Waals surface area contributed by atoms with Gasteiger partial charge in [-0.3, -0.25) is 0 Å². The summed E-state index contributed by atoms with van der Waals surface area (Å²) in [5.41, 5.74) is 0. The van der Waals surface area contributed by atoms with E-state index in [0.717, 1.165) is 20.2 Å². The van der Waals surface area contributed by atoms with E-state index in [2.05, 4.69) is 3.49 Å². The Morgan fingerprint density at radius 2 is 2.25 bits per heavy atom. The normalized spacial score (nSPS) is 5.00. The van der Waals surface area contributed by atoms with E-state index in [0.29, 0.717) is 0 Å². The van der Waals surface area contributed by atoms with E-state index in [4.69, 9.17) is 4.91 Å². The molecule has 0 atom stereocenters. The van der Waals surface area contributed by atoms with Crippen LogP contribution in [-0.4, -0.2) is 0 Å². The van der Waals surface area contributed by atoms with Gasteiger partial charge in [0.2, 0.25) is 0 Å². The zero-order valence-corrected chi connectivity index (χ0v) is 3.68. The Morgan fingerprint density at radius 1 is 2.00 bits per heavy atom. The molecule has 3 nitrogen and oxygen atoms in total. The minimum absolute atomic E-state index is 1.14. The molecule has 0 rings (SSSR count). The van der Waals surface area contributed by atoms with E-state index >= 15 is 0 Å². The molecule has 0 aliphatic rings. The van der Waals surface area contributed by atoms with Gasteiger partial charge in [0.1, 0.15) is 0 Å². The molecule has 0 aromatic heterocycles. The molecule has 0 amide bonds. The average Bonchev–Trinajstić information content (AvgIpc) is 1.37. The Kier molecular flexibility index (Phi) is 3.16. The quantitative estimate of drug-likeness (QED) is 0.297. The van der Waals surface area contributed by atoms with Crippen LogP contribution < -0.4 is 0 Å². The van der Waals surface area contributed by atoms with E-state index in [1.54, 1.807) is 0 Å². The summed E-state index contributed by atoms with van der Waals surface area (Å²) in [6.45, 7) is 0. The van der Waals surface area contributed by atoms with E-state index in [-0.39, 0.29) is 0 Å². The summed E-state index contributed by atoms with van der Waals surface area (Å²) in [5, 5.41) is 1.99. The van der Waals surface area contributed by atoms with Crippen molar-refractivity contribution in [2.24, 2.45) is 5.34 Å². The molecule has 0 radical (unpaired) electrons. The molecule has 4 heavy (non-hydrogen) atoms. The van der Waals surface area contributed by atoms with E-state index < -0.39 is 0 Å². The van der Waals surface area contributed by atoms with Crippen molar-refractivity contribution < 1.29 is 23.7 Å². The zero-order valence-electron chi connectivity index (χ0n) is 1.67. The van der Waals surface area contributed by atoms with Crippen molar-refractivity contribution in [1.29, 1.82) is 0 Å². The van der Waals surface area contributed by atoms with Crippen LogP contribution in [0.25, 0.3) is 0 Å². The third-order valence-electron chi connectivity index (χ3n) is 0.0304. The van der Waals surface area contributed by atoms with Crippen LogP contribution in [0.2, 0.25) is 0 Å². The van der Waals surface area contributed by atoms with Gasteiger partial charge >= 0.3 is 33.9 Å². The van der Waals surface area contributed by atoms with Crippen LogP contribution in [0.15, 0.2) is 5.34 Å². The van der Waals surface area contributed by atoms with Crippen LogP contribution >= 0.6 is 0 Å². The van der Waals surface area contributed by atoms with Gasteiger partial charge in [0.15, 0.2) is 0 Å². The van der Waals surface area contributed by atoms with Crippen molar-refractivity contribution >= 4 is 0 Å². The van der Waals surface area contributed by atoms with E-state index in [9.17, 15) is 0 Å². The molecule has 4 heteroatoms. The first-order valence-corrected chi connectivity index (χ1v) is 1.35. The molecular formula is MoNO2. The molecule has 0 bridgehead atoms. The fourth-order valence-electron chi connectivity index (χ4n) is 0. The zero-order chi connectivity index (χ0) is 3.41. The molecule has 0 aromatic carbocycles. The standard InChI is InChI=1S/Mo.HNO2/c;2-1-3/h;(H,2,3)/q+1;/p-1. The van der Waals surface area contributed by atoms with Gasteiger partial charge in [0.05, 0.1) is 0 Å². The second-order valence-electron chi connectivity index (χ2n) is 0.149. The van der Waals surface area contributed by atoms with Crippen LogP contribution in [0.3, 0.4) is 0 Å². The second-order valence-corrected chi connectivity index (χ2v) is 0.515. The second kappa shape index (κ2) is 3.09. The molecule has 0 fully saturated rings. The molecule has 0 spiro atoms. The summed E-state index contributed by atoms with van der Waals surface area (Å²) < 4.78 is 3.62. The average molecular weight is 142 g/mol. The molecular weight excluding hydrogens is 142 g/mol. The third-order valence-corrected chi connectivity index (χ3v) is 0.180. The molecule has 23 valence electrons. The molecule has 0 unspecified atom stereocenters. The van der Waals surface area contributed by atoms with Crippen LogP contribution in [0, 0.1) is 4.91 Å². The molecule has 0 heterocycles. The Bertz CT molecular complexity index is 20.0. The predicted octanol–water partition coefficient (Wildman–Crippen LogP) is 0.146. The summed E-state index contributed by atoms with van der Waals surface area (Å²) in [7, 11) is 0. The Labute approximate surface area is 34.6 Å². The van der Waals surface area contributed by atoms with E-state index in [1.165, 1.54) is 0 Å². The van der Waals surface area contributed by atoms with Crippen molar-refractivity contribution in [2.45, 2.75) is 0 Å². The SMILES string of the molecule is O=N[O][Mo]. The van der Waals surface area contributed by atoms with Gasteiger partial charge in [0, 0.05) is 0 Å². The van der Waals surface area contributed by atoms with Crippen molar-refractivity contribution in [3.05, 3.63) is 4.91 Å². The Balaban J connectivity index is 2.30. The third kappa shape index (κ3) is 2.09. The molecule has 0 aliphatic carbocycles. The van der Waals surface area contributed by atoms with Crippen LogP contribution in [0.5, 0.6) is 0 Å². The van der Waals surface area contributed by atoms with Gasteiger partial charge in [-0.2, -0.15) is 0 Å². The van der Waals surface area contributed by atoms with Gasteiger partial charge in [-0.1, -0.05) is 0 Å². The number of nitrogens with zero attached hydrogens (tertiary/aromatic N) is 1. The maximum atomic E-state index is 8.70. The first-order chi connectivity index (χ1) is 1.91. The summed E-state index contributed by atoms with van der Waals surface area (Å²) in [6.07, 6.45) is 0. The Morgan fingerprint density at radius 3 is 2.25 bits per heavy atom. The molecule has 0 saturated carbocycles. The first kappa shape index (κ1) is 4.09. The fraction of sp³-hybridized carbons (Fsp3) is 0. The van der Waals surface area contributed by atoms with Gasteiger partial charge in [-0.15, -0.1) is 0 Å². The van der Waals surface area contributed by atoms with Crippen LogP contribution in [0.1, 0.15) is 0 Å². The van der Waals surface area contributed by atoms with Gasteiger partial charge in [-0.25, -0.2) is 0 Å². The predicted molar refractivity (Wildman–Crippen MR) is 6.88 cm³/mol. The maximum absolute atomic E-state index is 8.70. The molecule has 0 aliphatic heterocycles. The number of rotatable bonds is 1. The van der Waals surface area contributed by atoms with Gasteiger partial charge in [-0.05, 0) is 0 Å². The topological polar surface area (TPSA) is 38.7 Å². The molecule has 0 saturated heterocycles. The molecule has 0 aromatic rings. The monoisotopic (exact) mass is 144 g/mol. The summed E-state index contributed by atoms with van der Waals surface area (Å²) in [6, 6.07) is 0. The van der Waals surface area contributed by atoms with Crippen molar-refractivity contribution in [2.75, 3.05) is 0 Å².